The summed E-state index contributed by atoms with van der Waals surface area (Å²) in [6.45, 7) is 5.87. The lowest BCUT2D eigenvalue weighted by molar-refractivity contribution is 0.549. The van der Waals surface area contributed by atoms with Gasteiger partial charge in [-0.2, -0.15) is 0 Å². The lowest BCUT2D eigenvalue weighted by atomic mass is 10.1. The van der Waals surface area contributed by atoms with Crippen LogP contribution in [0.2, 0.25) is 0 Å². The molecule has 0 unspecified atom stereocenters. The molecule has 3 nitrogen and oxygen atoms in total. The van der Waals surface area contributed by atoms with Crippen molar-refractivity contribution in [3.05, 3.63) is 23.6 Å². The van der Waals surface area contributed by atoms with Gasteiger partial charge in [-0.3, -0.25) is 0 Å². The van der Waals surface area contributed by atoms with Crippen molar-refractivity contribution in [1.82, 2.24) is 10.3 Å². The number of hydrogen-bond acceptors (Lipinski definition) is 3. The van der Waals surface area contributed by atoms with Crippen LogP contribution in [0.4, 0.5) is 10.2 Å². The van der Waals surface area contributed by atoms with Crippen LogP contribution in [0.3, 0.4) is 0 Å². The van der Waals surface area contributed by atoms with Gasteiger partial charge in [-0.05, 0) is 31.9 Å². The van der Waals surface area contributed by atoms with Gasteiger partial charge in [0.2, 0.25) is 0 Å². The maximum absolute atomic E-state index is 13.5. The zero-order valence-corrected chi connectivity index (χ0v) is 12.5. The number of nitrogens with one attached hydrogen (secondary N) is 1. The zero-order valence-electron chi connectivity index (χ0n) is 12.5. The molecule has 1 aromatic heterocycles. The normalized spacial score (nSPS) is 16.8. The van der Waals surface area contributed by atoms with Crippen LogP contribution in [0.15, 0.2) is 12.3 Å². The molecule has 0 saturated carbocycles. The predicted octanol–water partition coefficient (Wildman–Crippen LogP) is 3.49. The van der Waals surface area contributed by atoms with Gasteiger partial charge in [0.15, 0.2) is 0 Å². The summed E-state index contributed by atoms with van der Waals surface area (Å²) in [5.74, 6) is 0.728. The van der Waals surface area contributed by atoms with Gasteiger partial charge in [-0.15, -0.1) is 0 Å². The average Bonchev–Trinajstić information content (AvgIpc) is 2.40. The first-order valence-electron chi connectivity index (χ1n) is 7.91. The molecule has 1 aliphatic rings. The maximum Gasteiger partial charge on any atom is 0.141 e. The fourth-order valence-electron chi connectivity index (χ4n) is 2.75. The molecule has 0 spiro atoms. The molecule has 20 heavy (non-hydrogen) atoms. The van der Waals surface area contributed by atoms with Gasteiger partial charge in [0.05, 0.1) is 6.20 Å². The molecule has 0 aromatic carbocycles. The van der Waals surface area contributed by atoms with E-state index >= 15 is 0 Å². The third-order valence-electron chi connectivity index (χ3n) is 3.81. The lowest BCUT2D eigenvalue weighted by Gasteiger charge is -2.27. The molecule has 1 N–H and O–H groups in total. The van der Waals surface area contributed by atoms with E-state index in [1.54, 1.807) is 6.07 Å². The Morgan fingerprint density at radius 2 is 1.90 bits per heavy atom. The Hall–Kier alpha value is -1.16. The van der Waals surface area contributed by atoms with E-state index in [9.17, 15) is 4.39 Å². The van der Waals surface area contributed by atoms with Crippen molar-refractivity contribution < 1.29 is 4.39 Å². The summed E-state index contributed by atoms with van der Waals surface area (Å²) in [4.78, 5) is 6.70. The van der Waals surface area contributed by atoms with E-state index in [1.807, 2.05) is 0 Å². The van der Waals surface area contributed by atoms with Gasteiger partial charge in [0.1, 0.15) is 11.6 Å². The first-order valence-corrected chi connectivity index (χ1v) is 7.91. The molecule has 1 fully saturated rings. The van der Waals surface area contributed by atoms with Crippen LogP contribution in [0, 0.1) is 5.82 Å². The molecule has 0 bridgehead atoms. The van der Waals surface area contributed by atoms with Crippen LogP contribution in [0.5, 0.6) is 0 Å². The second-order valence-corrected chi connectivity index (χ2v) is 5.57. The van der Waals surface area contributed by atoms with Gasteiger partial charge < -0.3 is 10.2 Å². The second-order valence-electron chi connectivity index (χ2n) is 5.57. The Labute approximate surface area is 121 Å². The molecule has 0 amide bonds. The van der Waals surface area contributed by atoms with Crippen molar-refractivity contribution in [2.75, 3.05) is 24.5 Å². The number of rotatable bonds is 5. The van der Waals surface area contributed by atoms with Crippen LogP contribution in [0.25, 0.3) is 0 Å². The number of nitrogens with zero attached hydrogens (tertiary/aromatic N) is 2. The minimum absolute atomic E-state index is 0.242. The predicted molar refractivity (Wildman–Crippen MR) is 81.5 cm³/mol. The van der Waals surface area contributed by atoms with Crippen LogP contribution in [0.1, 0.15) is 51.0 Å². The number of hydrogen-bond donors (Lipinski definition) is 1. The number of pyridine rings is 1. The van der Waals surface area contributed by atoms with E-state index < -0.39 is 0 Å². The minimum atomic E-state index is -0.242. The van der Waals surface area contributed by atoms with Crippen LogP contribution >= 0.6 is 0 Å². The Bertz CT molecular complexity index is 401. The lowest BCUT2D eigenvalue weighted by Crippen LogP contribution is -2.30. The van der Waals surface area contributed by atoms with Crippen molar-refractivity contribution in [3.8, 4) is 0 Å². The number of anilines is 1. The third kappa shape index (κ3) is 4.44. The van der Waals surface area contributed by atoms with E-state index in [2.05, 4.69) is 22.1 Å². The third-order valence-corrected chi connectivity index (χ3v) is 3.81. The highest BCUT2D eigenvalue weighted by Gasteiger charge is 2.14. The average molecular weight is 279 g/mol. The van der Waals surface area contributed by atoms with Gasteiger partial charge in [-0.1, -0.05) is 26.2 Å². The van der Waals surface area contributed by atoms with Crippen molar-refractivity contribution in [3.63, 3.8) is 0 Å². The highest BCUT2D eigenvalue weighted by atomic mass is 19.1. The molecule has 1 saturated heterocycles. The summed E-state index contributed by atoms with van der Waals surface area (Å²) in [5, 5.41) is 3.35. The molecule has 4 heteroatoms. The summed E-state index contributed by atoms with van der Waals surface area (Å²) in [5.41, 5.74) is 0.985. The molecule has 0 atom stereocenters. The Morgan fingerprint density at radius 3 is 2.60 bits per heavy atom. The molecule has 0 aliphatic carbocycles. The fourth-order valence-corrected chi connectivity index (χ4v) is 2.75. The standard InChI is InChI=1S/C16H26FN3/c1-2-8-18-12-14-11-15(17)13-19-16(14)20-9-6-4-3-5-7-10-20/h11,13,18H,2-10,12H2,1H3. The summed E-state index contributed by atoms with van der Waals surface area (Å²) in [7, 11) is 0. The smallest absolute Gasteiger partial charge is 0.141 e. The van der Waals surface area contributed by atoms with E-state index in [0.29, 0.717) is 6.54 Å². The minimum Gasteiger partial charge on any atom is -0.356 e. The first-order chi connectivity index (χ1) is 9.81. The van der Waals surface area contributed by atoms with Crippen molar-refractivity contribution >= 4 is 5.82 Å². The largest absolute Gasteiger partial charge is 0.356 e. The molecular weight excluding hydrogens is 253 g/mol. The monoisotopic (exact) mass is 279 g/mol. The molecular formula is C16H26FN3. The Morgan fingerprint density at radius 1 is 1.20 bits per heavy atom. The highest BCUT2D eigenvalue weighted by Crippen LogP contribution is 2.22. The van der Waals surface area contributed by atoms with Crippen LogP contribution in [-0.4, -0.2) is 24.6 Å². The van der Waals surface area contributed by atoms with Crippen molar-refractivity contribution in [1.29, 1.82) is 0 Å². The molecule has 2 heterocycles. The van der Waals surface area contributed by atoms with Crippen LogP contribution < -0.4 is 10.2 Å². The summed E-state index contributed by atoms with van der Waals surface area (Å²) >= 11 is 0. The SMILES string of the molecule is CCCNCc1cc(F)cnc1N1CCCCCCC1. The molecule has 0 radical (unpaired) electrons. The van der Waals surface area contributed by atoms with E-state index in [-0.39, 0.29) is 5.82 Å². The van der Waals surface area contributed by atoms with Crippen LogP contribution in [-0.2, 0) is 6.54 Å². The van der Waals surface area contributed by atoms with Crippen molar-refractivity contribution in [2.24, 2.45) is 0 Å². The fraction of sp³-hybridized carbons (Fsp3) is 0.688. The maximum atomic E-state index is 13.5. The summed E-state index contributed by atoms with van der Waals surface area (Å²) in [6, 6.07) is 1.63. The van der Waals surface area contributed by atoms with Gasteiger partial charge in [-0.25, -0.2) is 9.37 Å². The van der Waals surface area contributed by atoms with Gasteiger partial charge >= 0.3 is 0 Å². The zero-order chi connectivity index (χ0) is 14.2. The van der Waals surface area contributed by atoms with Gasteiger partial charge in [0, 0.05) is 25.2 Å². The van der Waals surface area contributed by atoms with Gasteiger partial charge in [0.25, 0.3) is 0 Å². The molecule has 2 rings (SSSR count). The van der Waals surface area contributed by atoms with E-state index in [1.165, 1.54) is 38.3 Å². The summed E-state index contributed by atoms with van der Waals surface area (Å²) < 4.78 is 13.5. The Kier molecular flexibility index (Phi) is 6.25. The first kappa shape index (κ1) is 15.2. The summed E-state index contributed by atoms with van der Waals surface area (Å²) in [6.07, 6.45) is 8.78. The number of halogens is 1. The molecule has 1 aromatic rings. The second kappa shape index (κ2) is 8.20. The van der Waals surface area contributed by atoms with Crippen molar-refractivity contribution in [2.45, 2.75) is 52.0 Å². The molecule has 1 aliphatic heterocycles. The Balaban J connectivity index is 2.10. The number of aromatic nitrogens is 1. The quantitative estimate of drug-likeness (QED) is 0.836. The van der Waals surface area contributed by atoms with E-state index in [4.69, 9.17) is 0 Å². The highest BCUT2D eigenvalue weighted by molar-refractivity contribution is 5.47. The molecule has 112 valence electrons. The topological polar surface area (TPSA) is 28.2 Å². The van der Waals surface area contributed by atoms with E-state index in [0.717, 1.165) is 37.4 Å².